The van der Waals surface area contributed by atoms with Gasteiger partial charge in [-0.3, -0.25) is 9.59 Å². The van der Waals surface area contributed by atoms with Crippen LogP contribution in [0.2, 0.25) is 0 Å². The van der Waals surface area contributed by atoms with E-state index in [1.807, 2.05) is 24.3 Å². The van der Waals surface area contributed by atoms with Gasteiger partial charge in [0, 0.05) is 19.5 Å². The molecule has 1 aromatic carbocycles. The molecule has 136 valence electrons. The van der Waals surface area contributed by atoms with E-state index in [1.54, 1.807) is 31.4 Å². The fourth-order valence-electron chi connectivity index (χ4n) is 2.52. The first-order chi connectivity index (χ1) is 12.5. The van der Waals surface area contributed by atoms with Crippen molar-refractivity contribution in [1.29, 1.82) is 0 Å². The molecule has 3 rings (SSSR count). The van der Waals surface area contributed by atoms with E-state index >= 15 is 0 Å². The van der Waals surface area contributed by atoms with E-state index in [2.05, 4.69) is 15.5 Å². The summed E-state index contributed by atoms with van der Waals surface area (Å²) in [5.41, 5.74) is 0.996. The molecule has 0 unspecified atom stereocenters. The maximum atomic E-state index is 12.2. The summed E-state index contributed by atoms with van der Waals surface area (Å²) in [6.45, 7) is 1.72. The van der Waals surface area contributed by atoms with Crippen molar-refractivity contribution in [2.45, 2.75) is 26.2 Å². The van der Waals surface area contributed by atoms with Gasteiger partial charge in [0.1, 0.15) is 5.76 Å². The lowest BCUT2D eigenvalue weighted by Gasteiger charge is -2.16. The summed E-state index contributed by atoms with van der Waals surface area (Å²) >= 11 is 1.66. The Bertz CT molecular complexity index is 885. The van der Waals surface area contributed by atoms with Gasteiger partial charge in [0.25, 0.3) is 0 Å². The smallest absolute Gasteiger partial charge is 0.245 e. The first kappa shape index (κ1) is 18.1. The van der Waals surface area contributed by atoms with Gasteiger partial charge in [0.2, 0.25) is 11.8 Å². The van der Waals surface area contributed by atoms with Crippen LogP contribution in [0.25, 0.3) is 10.2 Å². The van der Waals surface area contributed by atoms with Crippen molar-refractivity contribution in [2.75, 3.05) is 18.9 Å². The minimum Gasteiger partial charge on any atom is -0.360 e. The minimum absolute atomic E-state index is 0.0219. The Hall–Kier alpha value is -2.74. The topological polar surface area (TPSA) is 88.3 Å². The minimum atomic E-state index is -0.305. The van der Waals surface area contributed by atoms with Gasteiger partial charge in [-0.2, -0.15) is 0 Å². The summed E-state index contributed by atoms with van der Waals surface area (Å²) in [7, 11) is 1.62. The number of benzene rings is 1. The quantitative estimate of drug-likeness (QED) is 0.689. The monoisotopic (exact) mass is 372 g/mol. The maximum absolute atomic E-state index is 12.2. The Labute approximate surface area is 155 Å². The van der Waals surface area contributed by atoms with Crippen LogP contribution in [0.1, 0.15) is 23.6 Å². The van der Waals surface area contributed by atoms with Crippen LogP contribution in [0, 0.1) is 6.92 Å². The number of para-hydroxylation sites is 1. The summed E-state index contributed by atoms with van der Waals surface area (Å²) in [6.07, 6.45) is 1.83. The average Bonchev–Trinajstić information content (AvgIpc) is 3.19. The lowest BCUT2D eigenvalue weighted by molar-refractivity contribution is -0.133. The van der Waals surface area contributed by atoms with Gasteiger partial charge in [0.15, 0.2) is 5.82 Å². The molecule has 0 aliphatic carbocycles. The van der Waals surface area contributed by atoms with Crippen LogP contribution in [0.5, 0.6) is 0 Å². The Morgan fingerprint density at radius 2 is 2.12 bits per heavy atom. The van der Waals surface area contributed by atoms with Crippen LogP contribution in [0.15, 0.2) is 34.9 Å². The summed E-state index contributed by atoms with van der Waals surface area (Å²) in [5, 5.41) is 7.32. The van der Waals surface area contributed by atoms with Gasteiger partial charge in [-0.15, -0.1) is 11.3 Å². The molecule has 2 amide bonds. The predicted molar refractivity (Wildman–Crippen MR) is 100 cm³/mol. The number of anilines is 1. The summed E-state index contributed by atoms with van der Waals surface area (Å²) in [4.78, 5) is 30.1. The zero-order valence-corrected chi connectivity index (χ0v) is 15.5. The van der Waals surface area contributed by atoms with E-state index in [9.17, 15) is 9.59 Å². The normalized spacial score (nSPS) is 10.8. The number of fused-ring (bicyclic) bond motifs is 1. The summed E-state index contributed by atoms with van der Waals surface area (Å²) in [5.74, 6) is 0.585. The Morgan fingerprint density at radius 1 is 1.31 bits per heavy atom. The van der Waals surface area contributed by atoms with Gasteiger partial charge in [-0.1, -0.05) is 17.3 Å². The third kappa shape index (κ3) is 4.66. The molecule has 1 N–H and O–H groups in total. The highest BCUT2D eigenvalue weighted by molar-refractivity contribution is 7.18. The highest BCUT2D eigenvalue weighted by atomic mass is 32.1. The number of rotatable bonds is 7. The standard InChI is InChI=1S/C18H20N4O3S/c1-12-10-15(21-25-12)20-16(23)11-22(2)18(24)9-5-8-17-19-13-6-3-4-7-14(13)26-17/h3-4,6-7,10H,5,8-9,11H2,1-2H3,(H,20,21,23). The summed E-state index contributed by atoms with van der Waals surface area (Å²) in [6, 6.07) is 9.62. The number of thiazole rings is 1. The number of carbonyl (C=O) groups is 2. The molecule has 26 heavy (non-hydrogen) atoms. The van der Waals surface area contributed by atoms with E-state index in [0.717, 1.165) is 21.6 Å². The van der Waals surface area contributed by atoms with Crippen molar-refractivity contribution >= 4 is 39.2 Å². The molecule has 0 bridgehead atoms. The van der Waals surface area contributed by atoms with Crippen molar-refractivity contribution in [3.8, 4) is 0 Å². The van der Waals surface area contributed by atoms with Crippen molar-refractivity contribution < 1.29 is 14.1 Å². The van der Waals surface area contributed by atoms with Gasteiger partial charge >= 0.3 is 0 Å². The lowest BCUT2D eigenvalue weighted by Crippen LogP contribution is -2.34. The zero-order chi connectivity index (χ0) is 18.5. The average molecular weight is 372 g/mol. The fraction of sp³-hybridized carbons (Fsp3) is 0.333. The van der Waals surface area contributed by atoms with Crippen molar-refractivity contribution in [3.63, 3.8) is 0 Å². The third-order valence-electron chi connectivity index (χ3n) is 3.82. The molecule has 0 fully saturated rings. The van der Waals surface area contributed by atoms with E-state index in [4.69, 9.17) is 4.52 Å². The lowest BCUT2D eigenvalue weighted by atomic mass is 10.2. The number of likely N-dealkylation sites (N-methyl/N-ethyl adjacent to an activating group) is 1. The highest BCUT2D eigenvalue weighted by Gasteiger charge is 2.14. The number of aromatic nitrogens is 2. The van der Waals surface area contributed by atoms with Gasteiger partial charge in [-0.25, -0.2) is 4.98 Å². The molecule has 2 aromatic heterocycles. The molecule has 0 atom stereocenters. The van der Waals surface area contributed by atoms with Crippen LogP contribution in [0.3, 0.4) is 0 Å². The molecule has 3 aromatic rings. The van der Waals surface area contributed by atoms with Crippen LogP contribution >= 0.6 is 11.3 Å². The Balaban J connectivity index is 1.42. The molecule has 0 aliphatic rings. The maximum Gasteiger partial charge on any atom is 0.245 e. The predicted octanol–water partition coefficient (Wildman–Crippen LogP) is 3.01. The first-order valence-electron chi connectivity index (χ1n) is 8.33. The number of hydrogen-bond donors (Lipinski definition) is 1. The third-order valence-corrected chi connectivity index (χ3v) is 4.92. The van der Waals surface area contributed by atoms with Crippen LogP contribution in [-0.4, -0.2) is 40.4 Å². The van der Waals surface area contributed by atoms with E-state index in [0.29, 0.717) is 24.4 Å². The van der Waals surface area contributed by atoms with Crippen LogP contribution in [-0.2, 0) is 16.0 Å². The zero-order valence-electron chi connectivity index (χ0n) is 14.7. The molecule has 0 spiro atoms. The molecule has 0 aliphatic heterocycles. The largest absolute Gasteiger partial charge is 0.360 e. The Kier molecular flexibility index (Phi) is 5.62. The number of nitrogens with zero attached hydrogens (tertiary/aromatic N) is 3. The number of amides is 2. The second kappa shape index (κ2) is 8.09. The van der Waals surface area contributed by atoms with Crippen molar-refractivity contribution in [1.82, 2.24) is 15.0 Å². The molecule has 8 heteroatoms. The number of aryl methyl sites for hydroxylation is 2. The molecule has 0 saturated heterocycles. The second-order valence-electron chi connectivity index (χ2n) is 6.05. The number of nitrogens with one attached hydrogen (secondary N) is 1. The molecule has 0 radical (unpaired) electrons. The van der Waals surface area contributed by atoms with Crippen molar-refractivity contribution in [2.24, 2.45) is 0 Å². The highest BCUT2D eigenvalue weighted by Crippen LogP contribution is 2.22. The van der Waals surface area contributed by atoms with Crippen molar-refractivity contribution in [3.05, 3.63) is 41.1 Å². The molecular formula is C18H20N4O3S. The van der Waals surface area contributed by atoms with Crippen LogP contribution < -0.4 is 5.32 Å². The van der Waals surface area contributed by atoms with E-state index < -0.39 is 0 Å². The summed E-state index contributed by atoms with van der Waals surface area (Å²) < 4.78 is 6.04. The van der Waals surface area contributed by atoms with Gasteiger partial charge < -0.3 is 14.7 Å². The first-order valence-corrected chi connectivity index (χ1v) is 9.14. The molecular weight excluding hydrogens is 352 g/mol. The van der Waals surface area contributed by atoms with Crippen LogP contribution in [0.4, 0.5) is 5.82 Å². The number of hydrogen-bond acceptors (Lipinski definition) is 6. The van der Waals surface area contributed by atoms with E-state index in [1.165, 1.54) is 4.90 Å². The number of carbonyl (C=O) groups excluding carboxylic acids is 2. The molecule has 2 heterocycles. The Morgan fingerprint density at radius 3 is 2.85 bits per heavy atom. The molecule has 7 nitrogen and oxygen atoms in total. The second-order valence-corrected chi connectivity index (χ2v) is 7.16. The fourth-order valence-corrected chi connectivity index (χ4v) is 3.53. The van der Waals surface area contributed by atoms with E-state index in [-0.39, 0.29) is 18.4 Å². The molecule has 0 saturated carbocycles. The SMILES string of the molecule is Cc1cc(NC(=O)CN(C)C(=O)CCCc2nc3ccccc3s2)no1. The van der Waals surface area contributed by atoms with Gasteiger partial charge in [-0.05, 0) is 31.9 Å². The van der Waals surface area contributed by atoms with Gasteiger partial charge in [0.05, 0.1) is 21.8 Å².